The van der Waals surface area contributed by atoms with Gasteiger partial charge in [0.1, 0.15) is 17.8 Å². The number of hydrogen-bond donors (Lipinski definition) is 4. The second-order valence-electron chi connectivity index (χ2n) is 12.1. The highest BCUT2D eigenvalue weighted by atomic mass is 35.5. The van der Waals surface area contributed by atoms with E-state index in [9.17, 15) is 0 Å². The Hall–Kier alpha value is -6.40. The standard InChI is InChI=1S/C39H24Cl3N11/c40-27-3-1-5-29(15-27)49-38-31-12-22(7-9-33(31)45-20-46-38)25-14-35(36(42)43-17-25)52-53-21-47-34-10-8-23(24-11-26-19-48-51-37(26)44-18-24)13-32(34)39(53)50-30-6-2-4-28(41)16-30/h1-21,52H,(H2,44,45,46,48,49,51)/p+1. The van der Waals surface area contributed by atoms with Crippen LogP contribution in [0.4, 0.5) is 28.7 Å². The molecule has 5 aromatic heterocycles. The van der Waals surface area contributed by atoms with Crippen LogP contribution in [0.2, 0.25) is 15.2 Å². The molecule has 0 aliphatic rings. The van der Waals surface area contributed by atoms with Crippen molar-refractivity contribution in [3.63, 3.8) is 0 Å². The number of aromatic amines is 1. The van der Waals surface area contributed by atoms with Gasteiger partial charge in [0.05, 0.1) is 22.8 Å². The fraction of sp³-hybridized carbons (Fsp3) is 0. The Bertz CT molecular complexity index is 2840. The van der Waals surface area contributed by atoms with Crippen LogP contribution in [0.15, 0.2) is 128 Å². The summed E-state index contributed by atoms with van der Waals surface area (Å²) in [5.41, 5.74) is 11.5. The highest BCUT2D eigenvalue weighted by molar-refractivity contribution is 6.32. The molecule has 0 saturated heterocycles. The third kappa shape index (κ3) is 6.60. The van der Waals surface area contributed by atoms with Crippen molar-refractivity contribution in [2.24, 2.45) is 0 Å². The highest BCUT2D eigenvalue weighted by Gasteiger charge is 2.19. The molecule has 14 heteroatoms. The first-order chi connectivity index (χ1) is 25.9. The number of pyridine rings is 2. The SMILES string of the molecule is Clc1cccc(Nc2ncnc3ccc(-c4cnc(Cl)c(N[n+]5cnc6ccc(-c7cnc8[nH]ncc8c7)cc6c5Nc5cccc(Cl)c5)c4)cc23)c1. The fourth-order valence-electron chi connectivity index (χ4n) is 6.09. The molecule has 9 aromatic rings. The van der Waals surface area contributed by atoms with Gasteiger partial charge in [-0.25, -0.2) is 25.4 Å². The van der Waals surface area contributed by atoms with E-state index in [4.69, 9.17) is 39.8 Å². The zero-order valence-electron chi connectivity index (χ0n) is 27.4. The number of hydrogen-bond acceptors (Lipinski definition) is 9. The molecule has 9 rings (SSSR count). The van der Waals surface area contributed by atoms with Crippen molar-refractivity contribution in [2.45, 2.75) is 0 Å². The van der Waals surface area contributed by atoms with E-state index in [1.807, 2.05) is 97.2 Å². The normalized spacial score (nSPS) is 11.3. The number of halogens is 3. The summed E-state index contributed by atoms with van der Waals surface area (Å²) in [5.74, 6) is 1.34. The molecule has 0 amide bonds. The molecule has 4 aromatic carbocycles. The predicted octanol–water partition coefficient (Wildman–Crippen LogP) is 9.79. The minimum atomic E-state index is 0.274. The molecule has 0 saturated carbocycles. The lowest BCUT2D eigenvalue weighted by Gasteiger charge is -2.15. The van der Waals surface area contributed by atoms with Crippen molar-refractivity contribution >= 4 is 96.3 Å². The van der Waals surface area contributed by atoms with Crippen molar-refractivity contribution in [2.75, 3.05) is 16.1 Å². The van der Waals surface area contributed by atoms with Gasteiger partial charge >= 0.3 is 0 Å². The molecule has 5 heterocycles. The topological polar surface area (TPSA) is 133 Å². The van der Waals surface area contributed by atoms with Gasteiger partial charge in [-0.2, -0.15) is 5.10 Å². The van der Waals surface area contributed by atoms with Crippen LogP contribution in [-0.4, -0.2) is 35.1 Å². The summed E-state index contributed by atoms with van der Waals surface area (Å²) in [6.45, 7) is 0. The molecule has 0 fully saturated rings. The van der Waals surface area contributed by atoms with E-state index in [0.717, 1.165) is 66.5 Å². The van der Waals surface area contributed by atoms with Gasteiger partial charge < -0.3 is 5.32 Å². The number of benzene rings is 4. The van der Waals surface area contributed by atoms with E-state index >= 15 is 0 Å². The lowest BCUT2D eigenvalue weighted by molar-refractivity contribution is -0.629. The molecule has 0 aliphatic carbocycles. The van der Waals surface area contributed by atoms with E-state index in [0.29, 0.717) is 27.4 Å². The first kappa shape index (κ1) is 32.5. The predicted molar refractivity (Wildman–Crippen MR) is 211 cm³/mol. The molecule has 0 atom stereocenters. The van der Waals surface area contributed by atoms with E-state index in [1.54, 1.807) is 23.4 Å². The third-order valence-electron chi connectivity index (χ3n) is 8.65. The van der Waals surface area contributed by atoms with Crippen LogP contribution in [0.25, 0.3) is 55.1 Å². The van der Waals surface area contributed by atoms with E-state index in [-0.39, 0.29) is 5.15 Å². The van der Waals surface area contributed by atoms with Crippen LogP contribution in [-0.2, 0) is 0 Å². The molecule has 4 N–H and O–H groups in total. The fourth-order valence-corrected chi connectivity index (χ4v) is 6.61. The van der Waals surface area contributed by atoms with Crippen LogP contribution >= 0.6 is 34.8 Å². The van der Waals surface area contributed by atoms with E-state index in [2.05, 4.69) is 52.3 Å². The number of nitrogens with zero attached hydrogens (tertiary/aromatic N) is 7. The third-order valence-corrected chi connectivity index (χ3v) is 9.42. The van der Waals surface area contributed by atoms with Gasteiger partial charge in [-0.3, -0.25) is 10.4 Å². The average molecular weight is 754 g/mol. The van der Waals surface area contributed by atoms with Gasteiger partial charge in [0.15, 0.2) is 16.3 Å². The first-order valence-electron chi connectivity index (χ1n) is 16.3. The minimum absolute atomic E-state index is 0.274. The molecule has 0 unspecified atom stereocenters. The van der Waals surface area contributed by atoms with E-state index in [1.165, 1.54) is 6.33 Å². The van der Waals surface area contributed by atoms with Gasteiger partial charge in [0.2, 0.25) is 6.33 Å². The largest absolute Gasteiger partial charge is 0.340 e. The maximum Gasteiger partial charge on any atom is 0.259 e. The van der Waals surface area contributed by atoms with Crippen molar-refractivity contribution in [1.29, 1.82) is 0 Å². The van der Waals surface area contributed by atoms with Crippen molar-refractivity contribution in [3.05, 3.63) is 144 Å². The highest BCUT2D eigenvalue weighted by Crippen LogP contribution is 2.33. The molecule has 0 bridgehead atoms. The molecule has 256 valence electrons. The van der Waals surface area contributed by atoms with Gasteiger partial charge in [0.25, 0.3) is 5.82 Å². The summed E-state index contributed by atoms with van der Waals surface area (Å²) in [6.07, 6.45) is 8.53. The monoisotopic (exact) mass is 752 g/mol. The van der Waals surface area contributed by atoms with Gasteiger partial charge in [0, 0.05) is 50.0 Å². The van der Waals surface area contributed by atoms with Crippen LogP contribution in [0.3, 0.4) is 0 Å². The number of rotatable bonds is 8. The number of H-pyrrole nitrogens is 1. The number of anilines is 5. The molecular weight excluding hydrogens is 729 g/mol. The zero-order chi connectivity index (χ0) is 35.9. The molecular formula is C39H25Cl3N11+. The number of nitrogens with one attached hydrogen (secondary N) is 4. The van der Waals surface area contributed by atoms with Crippen LogP contribution in [0, 0.1) is 0 Å². The number of aromatic nitrogens is 8. The number of fused-ring (bicyclic) bond motifs is 3. The summed E-state index contributed by atoms with van der Waals surface area (Å²) >= 11 is 19.4. The zero-order valence-corrected chi connectivity index (χ0v) is 29.7. The van der Waals surface area contributed by atoms with Crippen LogP contribution in [0.1, 0.15) is 0 Å². The lowest BCUT2D eigenvalue weighted by Crippen LogP contribution is -2.45. The first-order valence-corrected chi connectivity index (χ1v) is 17.4. The Balaban J connectivity index is 1.12. The molecule has 0 radical (unpaired) electrons. The Morgan fingerprint density at radius 2 is 1.28 bits per heavy atom. The van der Waals surface area contributed by atoms with E-state index < -0.39 is 0 Å². The summed E-state index contributed by atoms with van der Waals surface area (Å²) in [6, 6.07) is 31.0. The minimum Gasteiger partial charge on any atom is -0.340 e. The van der Waals surface area contributed by atoms with Gasteiger partial charge in [-0.15, -0.1) is 9.66 Å². The smallest absolute Gasteiger partial charge is 0.259 e. The Labute approximate surface area is 316 Å². The molecule has 53 heavy (non-hydrogen) atoms. The maximum absolute atomic E-state index is 6.75. The molecule has 11 nitrogen and oxygen atoms in total. The summed E-state index contributed by atoms with van der Waals surface area (Å²) in [4.78, 5) is 22.9. The van der Waals surface area contributed by atoms with Crippen molar-refractivity contribution in [1.82, 2.24) is 35.1 Å². The lowest BCUT2D eigenvalue weighted by atomic mass is 10.0. The second-order valence-corrected chi connectivity index (χ2v) is 13.4. The molecule has 0 spiro atoms. The Morgan fingerprint density at radius 1 is 0.585 bits per heavy atom. The second kappa shape index (κ2) is 13.6. The summed E-state index contributed by atoms with van der Waals surface area (Å²) in [7, 11) is 0. The Kier molecular flexibility index (Phi) is 8.35. The average Bonchev–Trinajstić information content (AvgIpc) is 3.65. The van der Waals surface area contributed by atoms with Gasteiger partial charge in [-0.05, 0) is 83.9 Å². The Morgan fingerprint density at radius 3 is 2.06 bits per heavy atom. The summed E-state index contributed by atoms with van der Waals surface area (Å²) < 4.78 is 1.78. The van der Waals surface area contributed by atoms with Crippen molar-refractivity contribution in [3.8, 4) is 22.3 Å². The molecule has 0 aliphatic heterocycles. The van der Waals surface area contributed by atoms with Crippen LogP contribution < -0.4 is 20.7 Å². The van der Waals surface area contributed by atoms with Gasteiger partial charge in [-0.1, -0.05) is 59.1 Å². The quantitative estimate of drug-likeness (QED) is 0.0884. The maximum atomic E-state index is 6.75. The summed E-state index contributed by atoms with van der Waals surface area (Å²) in [5, 5.41) is 18.0. The van der Waals surface area contributed by atoms with Crippen LogP contribution in [0.5, 0.6) is 0 Å². The van der Waals surface area contributed by atoms with Crippen molar-refractivity contribution < 1.29 is 4.68 Å².